The number of aromatic nitrogens is 2. The molecule has 0 aliphatic heterocycles. The molecule has 2 aromatic rings. The van der Waals surface area contributed by atoms with Gasteiger partial charge in [-0.2, -0.15) is 5.10 Å². The van der Waals surface area contributed by atoms with Crippen LogP contribution in [0.15, 0.2) is 42.6 Å². The van der Waals surface area contributed by atoms with Crippen LogP contribution in [0.4, 0.5) is 0 Å². The number of rotatable bonds is 6. The molecule has 0 spiro atoms. The highest BCUT2D eigenvalue weighted by Gasteiger charge is 2.18. The van der Waals surface area contributed by atoms with Crippen LogP contribution in [0.5, 0.6) is 5.75 Å². The third-order valence-corrected chi connectivity index (χ3v) is 3.98. The van der Waals surface area contributed by atoms with E-state index >= 15 is 0 Å². The van der Waals surface area contributed by atoms with Crippen molar-refractivity contribution < 1.29 is 4.74 Å². The van der Waals surface area contributed by atoms with Gasteiger partial charge in [0.1, 0.15) is 5.75 Å². The van der Waals surface area contributed by atoms with Crippen molar-refractivity contribution >= 4 is 0 Å². The molecular weight excluding hydrogens is 248 g/mol. The van der Waals surface area contributed by atoms with Gasteiger partial charge in [0.05, 0.1) is 12.3 Å². The fourth-order valence-electron chi connectivity index (χ4n) is 2.87. The summed E-state index contributed by atoms with van der Waals surface area (Å²) in [5.74, 6) is 1.65. The average Bonchev–Trinajstić information content (AvgIpc) is 3.15. The van der Waals surface area contributed by atoms with Crippen LogP contribution in [0.2, 0.25) is 0 Å². The maximum Gasteiger partial charge on any atom is 0.119 e. The highest BCUT2D eigenvalue weighted by molar-refractivity contribution is 5.20. The van der Waals surface area contributed by atoms with Crippen molar-refractivity contribution in [2.45, 2.75) is 44.6 Å². The lowest BCUT2D eigenvalue weighted by atomic mass is 10.1. The van der Waals surface area contributed by atoms with E-state index in [-0.39, 0.29) is 0 Å². The molecule has 0 amide bonds. The summed E-state index contributed by atoms with van der Waals surface area (Å²) in [6.45, 7) is 1.67. The summed E-state index contributed by atoms with van der Waals surface area (Å²) < 4.78 is 7.75. The van der Waals surface area contributed by atoms with E-state index in [1.807, 2.05) is 30.3 Å². The van der Waals surface area contributed by atoms with E-state index in [4.69, 9.17) is 9.84 Å². The van der Waals surface area contributed by atoms with Crippen LogP contribution in [0.1, 0.15) is 43.7 Å². The molecule has 20 heavy (non-hydrogen) atoms. The summed E-state index contributed by atoms with van der Waals surface area (Å²) in [4.78, 5) is 0. The monoisotopic (exact) mass is 270 g/mol. The third kappa shape index (κ3) is 3.41. The first kappa shape index (κ1) is 13.2. The van der Waals surface area contributed by atoms with Crippen LogP contribution in [0.3, 0.4) is 0 Å². The van der Waals surface area contributed by atoms with Crippen molar-refractivity contribution in [3.63, 3.8) is 0 Å². The van der Waals surface area contributed by atoms with Crippen molar-refractivity contribution in [1.29, 1.82) is 0 Å². The number of nitrogens with zero attached hydrogens (tertiary/aromatic N) is 2. The van der Waals surface area contributed by atoms with Crippen LogP contribution in [0, 0.1) is 0 Å². The van der Waals surface area contributed by atoms with Gasteiger partial charge >= 0.3 is 0 Å². The van der Waals surface area contributed by atoms with E-state index in [0.717, 1.165) is 25.3 Å². The Morgan fingerprint density at radius 1 is 1.10 bits per heavy atom. The van der Waals surface area contributed by atoms with E-state index in [0.29, 0.717) is 5.92 Å². The molecule has 1 aromatic carbocycles. The van der Waals surface area contributed by atoms with Gasteiger partial charge < -0.3 is 4.74 Å². The first-order chi connectivity index (χ1) is 9.92. The van der Waals surface area contributed by atoms with Crippen LogP contribution >= 0.6 is 0 Å². The van der Waals surface area contributed by atoms with Crippen LogP contribution in [0.25, 0.3) is 0 Å². The molecule has 0 bridgehead atoms. The maximum absolute atomic E-state index is 5.69. The number of hydrogen-bond donors (Lipinski definition) is 0. The van der Waals surface area contributed by atoms with Crippen LogP contribution in [-0.4, -0.2) is 16.4 Å². The molecule has 1 heterocycles. The first-order valence-electron chi connectivity index (χ1n) is 7.63. The zero-order valence-electron chi connectivity index (χ0n) is 11.9. The highest BCUT2D eigenvalue weighted by Crippen LogP contribution is 2.32. The average molecular weight is 270 g/mol. The van der Waals surface area contributed by atoms with Gasteiger partial charge in [-0.3, -0.25) is 4.68 Å². The Hall–Kier alpha value is -1.77. The predicted molar refractivity (Wildman–Crippen MR) is 80.0 cm³/mol. The Labute approximate surface area is 120 Å². The van der Waals surface area contributed by atoms with Crippen LogP contribution in [-0.2, 0) is 6.54 Å². The lowest BCUT2D eigenvalue weighted by Crippen LogP contribution is -2.06. The summed E-state index contributed by atoms with van der Waals surface area (Å²) in [5, 5.41) is 4.70. The van der Waals surface area contributed by atoms with Gasteiger partial charge in [0, 0.05) is 25.1 Å². The van der Waals surface area contributed by atoms with Crippen molar-refractivity contribution in [1.82, 2.24) is 9.78 Å². The summed E-state index contributed by atoms with van der Waals surface area (Å²) >= 11 is 0. The Balaban J connectivity index is 1.42. The summed E-state index contributed by atoms with van der Waals surface area (Å²) in [5.41, 5.74) is 1.28. The van der Waals surface area contributed by atoms with Crippen molar-refractivity contribution in [2.75, 3.05) is 6.61 Å². The Morgan fingerprint density at radius 2 is 1.90 bits per heavy atom. The molecule has 0 atom stereocenters. The highest BCUT2D eigenvalue weighted by atomic mass is 16.5. The molecular formula is C17H22N2O. The lowest BCUT2D eigenvalue weighted by molar-refractivity contribution is 0.298. The molecule has 1 aromatic heterocycles. The Bertz CT molecular complexity index is 515. The lowest BCUT2D eigenvalue weighted by Gasteiger charge is -2.06. The molecule has 0 radical (unpaired) electrons. The number of ether oxygens (including phenoxy) is 1. The number of benzene rings is 1. The Kier molecular flexibility index (Phi) is 4.36. The fourth-order valence-corrected chi connectivity index (χ4v) is 2.87. The van der Waals surface area contributed by atoms with E-state index in [1.54, 1.807) is 0 Å². The SMILES string of the molecule is c1ccc(OCCCn2ccc(C3CCCC3)n2)cc1. The number of hydrogen-bond acceptors (Lipinski definition) is 2. The zero-order chi connectivity index (χ0) is 13.6. The zero-order valence-corrected chi connectivity index (χ0v) is 11.9. The molecule has 1 aliphatic carbocycles. The molecule has 3 nitrogen and oxygen atoms in total. The van der Waals surface area contributed by atoms with Crippen LogP contribution < -0.4 is 4.74 Å². The van der Waals surface area contributed by atoms with E-state index in [1.165, 1.54) is 31.4 Å². The second kappa shape index (κ2) is 6.60. The van der Waals surface area contributed by atoms with Gasteiger partial charge in [-0.05, 0) is 31.0 Å². The summed E-state index contributed by atoms with van der Waals surface area (Å²) in [7, 11) is 0. The second-order valence-electron chi connectivity index (χ2n) is 5.50. The minimum atomic E-state index is 0.705. The summed E-state index contributed by atoms with van der Waals surface area (Å²) in [6.07, 6.45) is 8.45. The predicted octanol–water partition coefficient (Wildman–Crippen LogP) is 4.01. The van der Waals surface area contributed by atoms with Crippen molar-refractivity contribution in [3.8, 4) is 5.75 Å². The van der Waals surface area contributed by atoms with Gasteiger partial charge in [-0.1, -0.05) is 31.0 Å². The largest absolute Gasteiger partial charge is 0.494 e. The van der Waals surface area contributed by atoms with Gasteiger partial charge in [-0.25, -0.2) is 0 Å². The van der Waals surface area contributed by atoms with Crippen molar-refractivity contribution in [2.24, 2.45) is 0 Å². The molecule has 1 fully saturated rings. The molecule has 0 N–H and O–H groups in total. The fraction of sp³-hybridized carbons (Fsp3) is 0.471. The smallest absolute Gasteiger partial charge is 0.119 e. The molecule has 1 aliphatic rings. The molecule has 0 saturated heterocycles. The minimum absolute atomic E-state index is 0.705. The van der Waals surface area contributed by atoms with E-state index in [9.17, 15) is 0 Å². The van der Waals surface area contributed by atoms with E-state index < -0.39 is 0 Å². The normalized spacial score (nSPS) is 15.6. The second-order valence-corrected chi connectivity index (χ2v) is 5.50. The third-order valence-electron chi connectivity index (χ3n) is 3.98. The molecule has 1 saturated carbocycles. The van der Waals surface area contributed by atoms with Gasteiger partial charge in [0.2, 0.25) is 0 Å². The molecule has 0 unspecified atom stereocenters. The molecule has 106 valence electrons. The molecule has 3 rings (SSSR count). The Morgan fingerprint density at radius 3 is 2.70 bits per heavy atom. The summed E-state index contributed by atoms with van der Waals surface area (Å²) in [6, 6.07) is 12.2. The molecule has 3 heteroatoms. The van der Waals surface area contributed by atoms with Gasteiger partial charge in [-0.15, -0.1) is 0 Å². The topological polar surface area (TPSA) is 27.1 Å². The standard InChI is InChI=1S/C17H22N2O/c1-2-9-16(10-3-1)20-14-6-12-19-13-11-17(18-19)15-7-4-5-8-15/h1-3,9-11,13,15H,4-8,12,14H2. The van der Waals surface area contributed by atoms with Gasteiger partial charge in [0.25, 0.3) is 0 Å². The van der Waals surface area contributed by atoms with Gasteiger partial charge in [0.15, 0.2) is 0 Å². The number of para-hydroxylation sites is 1. The quantitative estimate of drug-likeness (QED) is 0.742. The van der Waals surface area contributed by atoms with E-state index in [2.05, 4.69) is 16.9 Å². The number of aryl methyl sites for hydroxylation is 1. The minimum Gasteiger partial charge on any atom is -0.494 e. The maximum atomic E-state index is 5.69. The van der Waals surface area contributed by atoms with Crippen molar-refractivity contribution in [3.05, 3.63) is 48.3 Å². The first-order valence-corrected chi connectivity index (χ1v) is 7.63.